The molecule has 1 aliphatic heterocycles. The molecule has 4 aliphatic rings. The number of ether oxygens (including phenoxy) is 1. The largest absolute Gasteiger partial charge is 0.494 e. The molecule has 0 spiro atoms. The molecule has 3 aromatic heterocycles. The predicted molar refractivity (Wildman–Crippen MR) is 153 cm³/mol. The summed E-state index contributed by atoms with van der Waals surface area (Å²) >= 11 is 0. The van der Waals surface area contributed by atoms with E-state index >= 15 is 0 Å². The number of methoxy groups -OCH3 is 1. The predicted octanol–water partition coefficient (Wildman–Crippen LogP) is 5.39. The molecule has 4 aromatic rings. The van der Waals surface area contributed by atoms with Crippen molar-refractivity contribution in [3.05, 3.63) is 42.1 Å². The van der Waals surface area contributed by atoms with Gasteiger partial charge in [0.25, 0.3) is 5.91 Å². The van der Waals surface area contributed by atoms with E-state index in [-0.39, 0.29) is 19.4 Å². The van der Waals surface area contributed by atoms with E-state index in [1.165, 1.54) is 25.7 Å². The Labute approximate surface area is 229 Å². The summed E-state index contributed by atoms with van der Waals surface area (Å²) in [5, 5.41) is 1.14. The van der Waals surface area contributed by atoms with Gasteiger partial charge in [-0.1, -0.05) is 12.8 Å². The van der Waals surface area contributed by atoms with Crippen LogP contribution in [0.5, 0.6) is 5.75 Å². The molecule has 39 heavy (non-hydrogen) atoms. The lowest BCUT2D eigenvalue weighted by molar-refractivity contribution is 0.0700. The van der Waals surface area contributed by atoms with Crippen molar-refractivity contribution < 1.29 is 11.0 Å². The number of nitrogens with zero attached hydrogens (tertiary/aromatic N) is 5. The Morgan fingerprint density at radius 3 is 2.69 bits per heavy atom. The Kier molecular flexibility index (Phi) is 5.31. The van der Waals surface area contributed by atoms with E-state index < -0.39 is 0 Å². The van der Waals surface area contributed by atoms with Gasteiger partial charge in [-0.3, -0.25) is 4.79 Å². The van der Waals surface area contributed by atoms with Crippen LogP contribution in [-0.4, -0.2) is 55.6 Å². The molecule has 3 aliphatic carbocycles. The second-order valence-electron chi connectivity index (χ2n) is 12.2. The molecule has 1 aromatic carbocycles. The fraction of sp³-hybridized carbons (Fsp3) is 0.516. The summed E-state index contributed by atoms with van der Waals surface area (Å²) in [5.74, 6) is 2.84. The number of hydrogen-bond acceptors (Lipinski definition) is 5. The molecule has 8 heteroatoms. The Morgan fingerprint density at radius 1 is 1.13 bits per heavy atom. The van der Waals surface area contributed by atoms with Gasteiger partial charge in [-0.25, -0.2) is 9.97 Å². The summed E-state index contributed by atoms with van der Waals surface area (Å²) in [6.07, 6.45) is 11.2. The van der Waals surface area contributed by atoms with Crippen LogP contribution in [-0.2, 0) is 6.54 Å². The molecule has 2 N–H and O–H groups in total. The van der Waals surface area contributed by atoms with Crippen LogP contribution in [0.3, 0.4) is 0 Å². The fourth-order valence-corrected chi connectivity index (χ4v) is 7.64. The van der Waals surface area contributed by atoms with Crippen LogP contribution >= 0.6 is 0 Å². The third kappa shape index (κ3) is 3.64. The van der Waals surface area contributed by atoms with Crippen LogP contribution in [0.2, 0.25) is 0 Å². The van der Waals surface area contributed by atoms with E-state index in [0.717, 1.165) is 78.1 Å². The molecule has 4 fully saturated rings. The highest BCUT2D eigenvalue weighted by molar-refractivity contribution is 6.00. The summed E-state index contributed by atoms with van der Waals surface area (Å²) in [4.78, 5) is 25.8. The van der Waals surface area contributed by atoms with Crippen LogP contribution in [0.1, 0.15) is 69.2 Å². The minimum Gasteiger partial charge on any atom is -0.494 e. The maximum absolute atomic E-state index is 13.8. The number of aromatic nitrogens is 4. The highest BCUT2D eigenvalue weighted by Crippen LogP contribution is 2.43. The molecule has 3 atom stereocenters. The van der Waals surface area contributed by atoms with Gasteiger partial charge in [0.1, 0.15) is 16.9 Å². The smallest absolute Gasteiger partial charge is 0.254 e. The summed E-state index contributed by atoms with van der Waals surface area (Å²) in [5.41, 5.74) is 11.0. The monoisotopic (exact) mass is 526 g/mol. The van der Waals surface area contributed by atoms with E-state index in [0.29, 0.717) is 23.4 Å². The lowest BCUT2D eigenvalue weighted by Gasteiger charge is -2.27. The number of pyridine rings is 1. The van der Waals surface area contributed by atoms with Crippen molar-refractivity contribution in [2.45, 2.75) is 76.0 Å². The summed E-state index contributed by atoms with van der Waals surface area (Å²) < 4.78 is 10.8. The van der Waals surface area contributed by atoms with E-state index in [2.05, 4.69) is 21.3 Å². The first-order valence-corrected chi connectivity index (χ1v) is 14.7. The normalized spacial score (nSPS) is 25.0. The van der Waals surface area contributed by atoms with Crippen molar-refractivity contribution in [2.75, 3.05) is 13.7 Å². The molecule has 0 radical (unpaired) electrons. The zero-order valence-corrected chi connectivity index (χ0v) is 22.6. The van der Waals surface area contributed by atoms with Crippen LogP contribution < -0.4 is 10.5 Å². The molecule has 8 nitrogen and oxygen atoms in total. The van der Waals surface area contributed by atoms with Gasteiger partial charge in [0.05, 0.1) is 18.3 Å². The molecule has 204 valence electrons. The minimum absolute atomic E-state index is 0. The number of imidazole rings is 1. The molecule has 2 bridgehead atoms. The number of carbonyl (C=O) groups is 1. The average Bonchev–Trinajstić information content (AvgIpc) is 3.36. The number of piperidine rings is 1. The van der Waals surface area contributed by atoms with Gasteiger partial charge >= 0.3 is 0 Å². The highest BCUT2D eigenvalue weighted by atomic mass is 16.5. The summed E-state index contributed by atoms with van der Waals surface area (Å²) in [6, 6.07) is 10.9. The number of nitrogens with two attached hydrogens (primary N) is 1. The molecular formula is C31H38N6O2. The first kappa shape index (κ1) is 23.5. The average molecular weight is 527 g/mol. The number of likely N-dealkylation sites (tertiary alicyclic amines) is 1. The van der Waals surface area contributed by atoms with E-state index in [4.69, 9.17) is 20.4 Å². The molecule has 0 unspecified atom stereocenters. The summed E-state index contributed by atoms with van der Waals surface area (Å²) in [7, 11) is 1.70. The second-order valence-corrected chi connectivity index (χ2v) is 12.2. The van der Waals surface area contributed by atoms with Crippen molar-refractivity contribution in [3.8, 4) is 17.3 Å². The Balaban J connectivity index is 0.00000264. The number of benzene rings is 1. The molecule has 8 rings (SSSR count). The SMILES string of the molecule is COc1cc(C(=O)N2C[C@H]3CC[C@@H]2[C@@H]3N)cc2nc(-c3cc4cccnc4n3CC3CC3)n(C3CCCC3)c12.[HH]. The topological polar surface area (TPSA) is 91.2 Å². The maximum atomic E-state index is 13.8. The van der Waals surface area contributed by atoms with Gasteiger partial charge < -0.3 is 24.5 Å². The van der Waals surface area contributed by atoms with Gasteiger partial charge in [0, 0.05) is 49.8 Å². The van der Waals surface area contributed by atoms with Crippen molar-refractivity contribution >= 4 is 28.0 Å². The number of fused-ring (bicyclic) bond motifs is 4. The molecular weight excluding hydrogens is 488 g/mol. The van der Waals surface area contributed by atoms with Crippen molar-refractivity contribution in [2.24, 2.45) is 17.6 Å². The van der Waals surface area contributed by atoms with Crippen LogP contribution in [0, 0.1) is 11.8 Å². The van der Waals surface area contributed by atoms with E-state index in [1.54, 1.807) is 7.11 Å². The Morgan fingerprint density at radius 2 is 1.97 bits per heavy atom. The van der Waals surface area contributed by atoms with Crippen LogP contribution in [0.4, 0.5) is 0 Å². The lowest BCUT2D eigenvalue weighted by atomic mass is 10.1. The Hall–Kier alpha value is -3.39. The summed E-state index contributed by atoms with van der Waals surface area (Å²) in [6.45, 7) is 1.71. The molecule has 1 amide bonds. The molecule has 4 heterocycles. The molecule has 3 saturated carbocycles. The zero-order valence-electron chi connectivity index (χ0n) is 22.6. The first-order valence-electron chi connectivity index (χ1n) is 14.7. The number of amides is 1. The Bertz CT molecular complexity index is 1600. The van der Waals surface area contributed by atoms with Gasteiger partial charge in [0.2, 0.25) is 0 Å². The maximum Gasteiger partial charge on any atom is 0.254 e. The van der Waals surface area contributed by atoms with Crippen LogP contribution in [0.25, 0.3) is 33.6 Å². The second kappa shape index (κ2) is 8.81. The molecule has 1 saturated heterocycles. The zero-order chi connectivity index (χ0) is 26.2. The highest BCUT2D eigenvalue weighted by Gasteiger charge is 2.47. The van der Waals surface area contributed by atoms with Crippen molar-refractivity contribution in [1.29, 1.82) is 0 Å². The standard InChI is InChI=1S/C31H36N6O2.H2/c1-39-26-15-21(31(38)36-17-20-10-11-24(36)27(20)32)13-23-28(26)37(22-6-2-3-7-22)30(34-23)25-14-19-5-4-12-33-29(19)35(25)16-18-8-9-18;/h4-5,12-15,18,20,22,24,27H,2-3,6-11,16-17,32H2,1H3;1H/t20-,24-,27-;/m1./s1. The first-order chi connectivity index (χ1) is 19.1. The van der Waals surface area contributed by atoms with Gasteiger partial charge in [-0.05, 0) is 80.7 Å². The van der Waals surface area contributed by atoms with Gasteiger partial charge in [0.15, 0.2) is 5.82 Å². The van der Waals surface area contributed by atoms with Gasteiger partial charge in [-0.2, -0.15) is 0 Å². The van der Waals surface area contributed by atoms with E-state index in [1.807, 2.05) is 29.3 Å². The third-order valence-electron chi connectivity index (χ3n) is 9.84. The van der Waals surface area contributed by atoms with Crippen molar-refractivity contribution in [3.63, 3.8) is 0 Å². The number of rotatable bonds is 6. The third-order valence-corrected chi connectivity index (χ3v) is 9.84. The van der Waals surface area contributed by atoms with Gasteiger partial charge in [-0.15, -0.1) is 0 Å². The van der Waals surface area contributed by atoms with Crippen LogP contribution in [0.15, 0.2) is 36.5 Å². The lowest BCUT2D eigenvalue weighted by Crippen LogP contribution is -2.41. The number of hydrogen-bond donors (Lipinski definition) is 1. The van der Waals surface area contributed by atoms with E-state index in [9.17, 15) is 4.79 Å². The quantitative estimate of drug-likeness (QED) is 0.364. The van der Waals surface area contributed by atoms with Crippen molar-refractivity contribution in [1.82, 2.24) is 24.0 Å². The number of carbonyl (C=O) groups excluding carboxylic acids is 1. The fourth-order valence-electron chi connectivity index (χ4n) is 7.64. The minimum atomic E-state index is 0.